The smallest absolute Gasteiger partial charge is 0.0342 e. The van der Waals surface area contributed by atoms with E-state index in [2.05, 4.69) is 69.3 Å². The molecule has 1 saturated carbocycles. The molecule has 1 fully saturated rings. The van der Waals surface area contributed by atoms with E-state index >= 15 is 0 Å². The minimum atomic E-state index is 0.238. The first-order valence-electron chi connectivity index (χ1n) is 7.90. The molecule has 0 amide bonds. The van der Waals surface area contributed by atoms with Crippen molar-refractivity contribution < 1.29 is 0 Å². The van der Waals surface area contributed by atoms with Gasteiger partial charge in [-0.05, 0) is 62.9 Å². The largest absolute Gasteiger partial charge is 0.382 e. The highest BCUT2D eigenvalue weighted by molar-refractivity contribution is 5.46. The Morgan fingerprint density at radius 2 is 1.50 bits per heavy atom. The molecule has 0 radical (unpaired) electrons. The molecular weight excluding hydrogens is 244 g/mol. The average Bonchev–Trinajstić information content (AvgIpc) is 2.39. The van der Waals surface area contributed by atoms with Crippen LogP contribution in [0.1, 0.15) is 52.0 Å². The summed E-state index contributed by atoms with van der Waals surface area (Å²) in [7, 11) is 4.40. The van der Waals surface area contributed by atoms with Crippen LogP contribution in [0.4, 0.5) is 5.69 Å². The summed E-state index contributed by atoms with van der Waals surface area (Å²) in [5.74, 6) is 0. The fourth-order valence-corrected chi connectivity index (χ4v) is 3.04. The Morgan fingerprint density at radius 3 is 1.95 bits per heavy atom. The molecule has 0 unspecified atom stereocenters. The second-order valence-corrected chi connectivity index (χ2v) is 7.44. The molecule has 0 bridgehead atoms. The third-order valence-corrected chi connectivity index (χ3v) is 4.55. The number of anilines is 1. The normalized spacial score (nSPS) is 23.9. The maximum absolute atomic E-state index is 3.70. The zero-order valence-electron chi connectivity index (χ0n) is 13.7. The lowest BCUT2D eigenvalue weighted by Crippen LogP contribution is -2.36. The zero-order chi connectivity index (χ0) is 14.8. The van der Waals surface area contributed by atoms with E-state index in [0.717, 1.165) is 6.04 Å². The van der Waals surface area contributed by atoms with Crippen LogP contribution < -0.4 is 5.32 Å². The summed E-state index contributed by atoms with van der Waals surface area (Å²) in [6, 6.07) is 10.4. The molecule has 1 aliphatic carbocycles. The van der Waals surface area contributed by atoms with E-state index in [9.17, 15) is 0 Å². The first-order chi connectivity index (χ1) is 9.36. The Hall–Kier alpha value is -1.02. The molecule has 0 saturated heterocycles. The predicted molar refractivity (Wildman–Crippen MR) is 88.5 cm³/mol. The van der Waals surface area contributed by atoms with Gasteiger partial charge in [-0.15, -0.1) is 0 Å². The lowest BCUT2D eigenvalue weighted by atomic mass is 9.87. The molecule has 2 rings (SSSR count). The van der Waals surface area contributed by atoms with Gasteiger partial charge < -0.3 is 10.2 Å². The van der Waals surface area contributed by atoms with Crippen LogP contribution >= 0.6 is 0 Å². The molecule has 2 heteroatoms. The highest BCUT2D eigenvalue weighted by Gasteiger charge is 2.22. The maximum atomic E-state index is 3.70. The second-order valence-electron chi connectivity index (χ2n) is 7.44. The van der Waals surface area contributed by atoms with Crippen LogP contribution in [0, 0.1) is 0 Å². The van der Waals surface area contributed by atoms with Crippen molar-refractivity contribution in [3.05, 3.63) is 29.8 Å². The van der Waals surface area contributed by atoms with Gasteiger partial charge in [0.2, 0.25) is 0 Å². The summed E-state index contributed by atoms with van der Waals surface area (Å²) in [4.78, 5) is 2.37. The minimum absolute atomic E-state index is 0.238. The van der Waals surface area contributed by atoms with Crippen molar-refractivity contribution in [1.82, 2.24) is 4.90 Å². The predicted octanol–water partition coefficient (Wildman–Crippen LogP) is 4.27. The highest BCUT2D eigenvalue weighted by atomic mass is 15.1. The summed E-state index contributed by atoms with van der Waals surface area (Å²) in [5.41, 5.74) is 2.91. The van der Waals surface area contributed by atoms with Crippen LogP contribution in [0.5, 0.6) is 0 Å². The van der Waals surface area contributed by atoms with E-state index < -0.39 is 0 Å². The van der Waals surface area contributed by atoms with Gasteiger partial charge in [-0.1, -0.05) is 32.9 Å². The van der Waals surface area contributed by atoms with Crippen molar-refractivity contribution in [3.8, 4) is 0 Å². The molecule has 112 valence electrons. The van der Waals surface area contributed by atoms with Gasteiger partial charge in [0.25, 0.3) is 0 Å². The van der Waals surface area contributed by atoms with Gasteiger partial charge in [-0.2, -0.15) is 0 Å². The van der Waals surface area contributed by atoms with Crippen molar-refractivity contribution >= 4 is 5.69 Å². The molecular formula is C18H30N2. The molecule has 0 aromatic heterocycles. The van der Waals surface area contributed by atoms with E-state index in [1.54, 1.807) is 0 Å². The summed E-state index contributed by atoms with van der Waals surface area (Å²) in [5, 5.41) is 3.70. The van der Waals surface area contributed by atoms with Crippen LogP contribution in [0.3, 0.4) is 0 Å². The lowest BCUT2D eigenvalue weighted by Gasteiger charge is -2.33. The van der Waals surface area contributed by atoms with E-state index in [1.165, 1.54) is 36.9 Å². The molecule has 20 heavy (non-hydrogen) atoms. The summed E-state index contributed by atoms with van der Waals surface area (Å²) >= 11 is 0. The van der Waals surface area contributed by atoms with Crippen molar-refractivity contribution in [2.24, 2.45) is 0 Å². The van der Waals surface area contributed by atoms with Gasteiger partial charge in [0.1, 0.15) is 0 Å². The number of hydrogen-bond acceptors (Lipinski definition) is 2. The van der Waals surface area contributed by atoms with Crippen molar-refractivity contribution in [2.75, 3.05) is 19.4 Å². The van der Waals surface area contributed by atoms with Crippen molar-refractivity contribution in [3.63, 3.8) is 0 Å². The van der Waals surface area contributed by atoms with Crippen LogP contribution in [0.25, 0.3) is 0 Å². The Morgan fingerprint density at radius 1 is 0.950 bits per heavy atom. The van der Waals surface area contributed by atoms with E-state index in [1.807, 2.05) is 0 Å². The van der Waals surface area contributed by atoms with Gasteiger partial charge >= 0.3 is 0 Å². The van der Waals surface area contributed by atoms with Crippen molar-refractivity contribution in [1.29, 1.82) is 0 Å². The van der Waals surface area contributed by atoms with Crippen LogP contribution in [-0.4, -0.2) is 31.1 Å². The van der Waals surface area contributed by atoms with Crippen LogP contribution in [0.2, 0.25) is 0 Å². The zero-order valence-corrected chi connectivity index (χ0v) is 13.7. The number of nitrogens with zero attached hydrogens (tertiary/aromatic N) is 1. The fraction of sp³-hybridized carbons (Fsp3) is 0.667. The Balaban J connectivity index is 1.89. The molecule has 1 N–H and O–H groups in total. The molecule has 2 nitrogen and oxygen atoms in total. The molecule has 0 spiro atoms. The number of benzene rings is 1. The summed E-state index contributed by atoms with van der Waals surface area (Å²) in [6.07, 6.45) is 5.18. The molecule has 1 aromatic carbocycles. The molecule has 0 atom stereocenters. The molecule has 1 aromatic rings. The Bertz CT molecular complexity index is 406. The second kappa shape index (κ2) is 6.17. The third kappa shape index (κ3) is 3.99. The molecule has 1 aliphatic rings. The third-order valence-electron chi connectivity index (χ3n) is 4.55. The van der Waals surface area contributed by atoms with Gasteiger partial charge in [-0.25, -0.2) is 0 Å². The van der Waals surface area contributed by atoms with Gasteiger partial charge in [-0.3, -0.25) is 0 Å². The van der Waals surface area contributed by atoms with E-state index in [-0.39, 0.29) is 5.41 Å². The topological polar surface area (TPSA) is 15.3 Å². The first-order valence-corrected chi connectivity index (χ1v) is 7.90. The highest BCUT2D eigenvalue weighted by Crippen LogP contribution is 2.26. The Labute approximate surface area is 124 Å². The number of rotatable bonds is 3. The minimum Gasteiger partial charge on any atom is -0.382 e. The van der Waals surface area contributed by atoms with E-state index in [0.29, 0.717) is 6.04 Å². The SMILES string of the molecule is CN(C)C1CCC(Nc2ccc(C(C)(C)C)cc2)CC1. The van der Waals surface area contributed by atoms with E-state index in [4.69, 9.17) is 0 Å². The maximum Gasteiger partial charge on any atom is 0.0342 e. The van der Waals surface area contributed by atoms with Gasteiger partial charge in [0.05, 0.1) is 0 Å². The van der Waals surface area contributed by atoms with Gasteiger partial charge in [0, 0.05) is 17.8 Å². The number of hydrogen-bond donors (Lipinski definition) is 1. The summed E-state index contributed by atoms with van der Waals surface area (Å²) in [6.45, 7) is 6.79. The molecule has 0 heterocycles. The standard InChI is InChI=1S/C18H30N2/c1-18(2,3)14-6-8-15(9-7-14)19-16-10-12-17(13-11-16)20(4)5/h6-9,16-17,19H,10-13H2,1-5H3. The van der Waals surface area contributed by atoms with Crippen molar-refractivity contribution in [2.45, 2.75) is 64.0 Å². The number of nitrogens with one attached hydrogen (secondary N) is 1. The first kappa shape index (κ1) is 15.4. The van der Waals surface area contributed by atoms with Gasteiger partial charge in [0.15, 0.2) is 0 Å². The average molecular weight is 274 g/mol. The lowest BCUT2D eigenvalue weighted by molar-refractivity contribution is 0.221. The quantitative estimate of drug-likeness (QED) is 0.885. The summed E-state index contributed by atoms with van der Waals surface area (Å²) < 4.78 is 0. The van der Waals surface area contributed by atoms with Crippen LogP contribution in [-0.2, 0) is 5.41 Å². The van der Waals surface area contributed by atoms with Crippen LogP contribution in [0.15, 0.2) is 24.3 Å². The fourth-order valence-electron chi connectivity index (χ4n) is 3.04. The Kier molecular flexibility index (Phi) is 4.74. The molecule has 0 aliphatic heterocycles. The monoisotopic (exact) mass is 274 g/mol.